The van der Waals surface area contributed by atoms with Gasteiger partial charge in [-0.25, -0.2) is 0 Å². The van der Waals surface area contributed by atoms with Gasteiger partial charge in [0.25, 0.3) is 0 Å². The van der Waals surface area contributed by atoms with Crippen molar-refractivity contribution in [2.75, 3.05) is 26.2 Å². The second-order valence-electron chi connectivity index (χ2n) is 10.5. The first-order valence-corrected chi connectivity index (χ1v) is 13.2. The summed E-state index contributed by atoms with van der Waals surface area (Å²) in [6, 6.07) is 15.8. The molecule has 4 rings (SSSR count). The number of carbonyl (C=O) groups is 3. The van der Waals surface area contributed by atoms with Crippen LogP contribution in [-0.4, -0.2) is 58.9 Å². The Bertz CT molecular complexity index is 1110. The molecule has 2 unspecified atom stereocenters. The number of carbonyl (C=O) groups excluding carboxylic acids is 2. The van der Waals surface area contributed by atoms with Crippen molar-refractivity contribution >= 4 is 29.4 Å². The smallest absolute Gasteiger partial charge is 0.303 e. The van der Waals surface area contributed by atoms with E-state index in [1.165, 1.54) is 0 Å². The number of fused-ring (bicyclic) bond motifs is 1. The van der Waals surface area contributed by atoms with Crippen LogP contribution in [0, 0.1) is 11.8 Å². The summed E-state index contributed by atoms with van der Waals surface area (Å²) < 4.78 is 0. The second kappa shape index (κ2) is 11.5. The molecular formula is C29H35ClN2O4. The molecule has 2 heterocycles. The first-order valence-electron chi connectivity index (χ1n) is 12.9. The molecule has 36 heavy (non-hydrogen) atoms. The van der Waals surface area contributed by atoms with Gasteiger partial charge in [-0.1, -0.05) is 67.9 Å². The van der Waals surface area contributed by atoms with Crippen molar-refractivity contribution in [3.8, 4) is 0 Å². The lowest BCUT2D eigenvalue weighted by molar-refractivity contribution is -0.143. The van der Waals surface area contributed by atoms with E-state index in [0.717, 1.165) is 16.7 Å². The predicted octanol–water partition coefficient (Wildman–Crippen LogP) is 5.16. The molecule has 6 nitrogen and oxygen atoms in total. The number of carboxylic acid groups (broad SMARTS) is 1. The lowest BCUT2D eigenvalue weighted by atomic mass is 9.82. The number of halogens is 1. The van der Waals surface area contributed by atoms with Crippen LogP contribution < -0.4 is 0 Å². The van der Waals surface area contributed by atoms with Gasteiger partial charge in [0, 0.05) is 37.0 Å². The number of rotatable bonds is 7. The summed E-state index contributed by atoms with van der Waals surface area (Å²) in [5.41, 5.74) is 3.07. The third-order valence-corrected chi connectivity index (χ3v) is 7.85. The molecular weight excluding hydrogens is 476 g/mol. The normalized spacial score (nSPS) is 20.8. The minimum Gasteiger partial charge on any atom is -0.481 e. The van der Waals surface area contributed by atoms with Crippen molar-refractivity contribution in [2.24, 2.45) is 11.8 Å². The van der Waals surface area contributed by atoms with Gasteiger partial charge in [0.15, 0.2) is 0 Å². The minimum atomic E-state index is -0.795. The van der Waals surface area contributed by atoms with Crippen molar-refractivity contribution in [1.29, 1.82) is 0 Å². The summed E-state index contributed by atoms with van der Waals surface area (Å²) in [6.45, 7) is 5.69. The molecule has 0 aliphatic carbocycles. The van der Waals surface area contributed by atoms with Crippen molar-refractivity contribution in [3.05, 3.63) is 70.2 Å². The lowest BCUT2D eigenvalue weighted by Gasteiger charge is -2.34. The Hall–Kier alpha value is -2.86. The second-order valence-corrected chi connectivity index (χ2v) is 10.9. The topological polar surface area (TPSA) is 77.9 Å². The Morgan fingerprint density at radius 2 is 1.61 bits per heavy atom. The SMILES string of the molecule is CC(C)CC1C(=O)N(CC(=O)N2CCC(CC(=O)O)CC2)CC(c2ccccc2Cl)c2ccccc21. The Kier molecular flexibility index (Phi) is 8.35. The van der Waals surface area contributed by atoms with Crippen LogP contribution >= 0.6 is 11.6 Å². The zero-order chi connectivity index (χ0) is 25.8. The van der Waals surface area contributed by atoms with Gasteiger partial charge in [-0.15, -0.1) is 0 Å². The van der Waals surface area contributed by atoms with Crippen LogP contribution in [0.5, 0.6) is 0 Å². The number of piperidine rings is 1. The molecule has 0 bridgehead atoms. The lowest BCUT2D eigenvalue weighted by Crippen LogP contribution is -2.47. The maximum absolute atomic E-state index is 14.0. The van der Waals surface area contributed by atoms with Crippen LogP contribution in [0.1, 0.15) is 68.1 Å². The minimum absolute atomic E-state index is 0.0141. The fourth-order valence-corrected chi connectivity index (χ4v) is 5.94. The van der Waals surface area contributed by atoms with Gasteiger partial charge >= 0.3 is 5.97 Å². The average Bonchev–Trinajstić information content (AvgIpc) is 2.95. The zero-order valence-corrected chi connectivity index (χ0v) is 21.8. The van der Waals surface area contributed by atoms with Gasteiger partial charge < -0.3 is 14.9 Å². The number of aliphatic carboxylic acids is 1. The molecule has 1 saturated heterocycles. The van der Waals surface area contributed by atoms with Crippen LogP contribution in [0.2, 0.25) is 5.02 Å². The van der Waals surface area contributed by atoms with Crippen LogP contribution in [0.15, 0.2) is 48.5 Å². The van der Waals surface area contributed by atoms with E-state index in [1.54, 1.807) is 9.80 Å². The van der Waals surface area contributed by atoms with Gasteiger partial charge in [-0.3, -0.25) is 14.4 Å². The van der Waals surface area contributed by atoms with Crippen molar-refractivity contribution in [3.63, 3.8) is 0 Å². The molecule has 0 aromatic heterocycles. The van der Waals surface area contributed by atoms with Gasteiger partial charge in [-0.05, 0) is 53.9 Å². The van der Waals surface area contributed by atoms with E-state index in [4.69, 9.17) is 16.7 Å². The van der Waals surface area contributed by atoms with Gasteiger partial charge in [-0.2, -0.15) is 0 Å². The number of likely N-dealkylation sites (tertiary alicyclic amines) is 1. The Morgan fingerprint density at radius 3 is 2.22 bits per heavy atom. The Balaban J connectivity index is 1.62. The molecule has 2 atom stereocenters. The van der Waals surface area contributed by atoms with E-state index in [-0.39, 0.29) is 42.5 Å². The maximum Gasteiger partial charge on any atom is 0.303 e. The molecule has 2 amide bonds. The Morgan fingerprint density at radius 1 is 1.00 bits per heavy atom. The molecule has 2 aromatic rings. The molecule has 0 spiro atoms. The van der Waals surface area contributed by atoms with Crippen LogP contribution in [-0.2, 0) is 14.4 Å². The van der Waals surface area contributed by atoms with E-state index in [0.29, 0.717) is 49.8 Å². The predicted molar refractivity (Wildman–Crippen MR) is 140 cm³/mol. The molecule has 0 radical (unpaired) electrons. The highest BCUT2D eigenvalue weighted by atomic mass is 35.5. The quantitative estimate of drug-likeness (QED) is 0.558. The number of hydrogen-bond donors (Lipinski definition) is 1. The van der Waals surface area contributed by atoms with Gasteiger partial charge in [0.2, 0.25) is 11.8 Å². The van der Waals surface area contributed by atoms with E-state index in [1.807, 2.05) is 42.5 Å². The van der Waals surface area contributed by atoms with Gasteiger partial charge in [0.1, 0.15) is 0 Å². The number of nitrogens with zero attached hydrogens (tertiary/aromatic N) is 2. The molecule has 1 N–H and O–H groups in total. The molecule has 2 aliphatic rings. The molecule has 7 heteroatoms. The van der Waals surface area contributed by atoms with Crippen LogP contribution in [0.25, 0.3) is 0 Å². The summed E-state index contributed by atoms with van der Waals surface area (Å²) >= 11 is 6.64. The van der Waals surface area contributed by atoms with Crippen LogP contribution in [0.4, 0.5) is 0 Å². The molecule has 192 valence electrons. The summed E-state index contributed by atoms with van der Waals surface area (Å²) in [5.74, 6) is -0.927. The fraction of sp³-hybridized carbons (Fsp3) is 0.483. The highest BCUT2D eigenvalue weighted by molar-refractivity contribution is 6.31. The number of benzene rings is 2. The largest absolute Gasteiger partial charge is 0.481 e. The first kappa shape index (κ1) is 26.2. The fourth-order valence-electron chi connectivity index (χ4n) is 5.67. The first-order chi connectivity index (χ1) is 17.2. The summed E-state index contributed by atoms with van der Waals surface area (Å²) in [6.07, 6.45) is 2.20. The summed E-state index contributed by atoms with van der Waals surface area (Å²) in [5, 5.41) is 9.73. The molecule has 2 aromatic carbocycles. The standard InChI is InChI=1S/C29H35ClN2O4/c1-19(2)15-24-21-7-3-4-8-22(21)25(23-9-5-6-10-26(23)30)17-32(29(24)36)18-27(33)31-13-11-20(12-14-31)16-28(34)35/h3-10,19-20,24-25H,11-18H2,1-2H3,(H,34,35). The zero-order valence-electron chi connectivity index (χ0n) is 21.0. The highest BCUT2D eigenvalue weighted by Crippen LogP contribution is 2.40. The number of amides is 2. The third-order valence-electron chi connectivity index (χ3n) is 7.50. The summed E-state index contributed by atoms with van der Waals surface area (Å²) in [4.78, 5) is 41.9. The summed E-state index contributed by atoms with van der Waals surface area (Å²) in [7, 11) is 0. The molecule has 1 fully saturated rings. The van der Waals surface area contributed by atoms with Gasteiger partial charge in [0.05, 0.1) is 12.5 Å². The maximum atomic E-state index is 14.0. The number of hydrogen-bond acceptors (Lipinski definition) is 3. The van der Waals surface area contributed by atoms with E-state index in [2.05, 4.69) is 19.9 Å². The Labute approximate surface area is 218 Å². The third kappa shape index (κ3) is 5.92. The highest BCUT2D eigenvalue weighted by Gasteiger charge is 2.38. The molecule has 0 saturated carbocycles. The van der Waals surface area contributed by atoms with Crippen molar-refractivity contribution in [2.45, 2.75) is 51.4 Å². The van der Waals surface area contributed by atoms with Crippen LogP contribution in [0.3, 0.4) is 0 Å². The van der Waals surface area contributed by atoms with E-state index < -0.39 is 5.97 Å². The monoisotopic (exact) mass is 510 g/mol. The average molecular weight is 511 g/mol. The van der Waals surface area contributed by atoms with Crippen molar-refractivity contribution < 1.29 is 19.5 Å². The van der Waals surface area contributed by atoms with Crippen molar-refractivity contribution in [1.82, 2.24) is 9.80 Å². The number of carboxylic acids is 1. The van der Waals surface area contributed by atoms with E-state index >= 15 is 0 Å². The van der Waals surface area contributed by atoms with E-state index in [9.17, 15) is 14.4 Å². The molecule has 2 aliphatic heterocycles.